The topological polar surface area (TPSA) is 21.3 Å². The van der Waals surface area contributed by atoms with Crippen LogP contribution in [0.3, 0.4) is 0 Å². The highest BCUT2D eigenvalue weighted by Crippen LogP contribution is 2.23. The van der Waals surface area contributed by atoms with Gasteiger partial charge in [-0.25, -0.2) is 0 Å². The third-order valence-corrected chi connectivity index (χ3v) is 3.00. The highest BCUT2D eigenvalue weighted by molar-refractivity contribution is 4.73. The average molecular weight is 185 g/mol. The molecule has 0 aromatic heterocycles. The third-order valence-electron chi connectivity index (χ3n) is 3.00. The minimum atomic E-state index is 0.542. The average Bonchev–Trinajstić information content (AvgIpc) is 2.56. The maximum atomic E-state index is 5.65. The van der Waals surface area contributed by atoms with Crippen LogP contribution in [0, 0.1) is 11.8 Å². The lowest BCUT2D eigenvalue weighted by molar-refractivity contribution is 0.0821. The first kappa shape index (κ1) is 11.0. The lowest BCUT2D eigenvalue weighted by Crippen LogP contribution is -2.27. The number of ether oxygens (including phenoxy) is 1. The van der Waals surface area contributed by atoms with E-state index >= 15 is 0 Å². The van der Waals surface area contributed by atoms with Crippen LogP contribution in [0.2, 0.25) is 0 Å². The van der Waals surface area contributed by atoms with Crippen LogP contribution in [0.25, 0.3) is 0 Å². The lowest BCUT2D eigenvalue weighted by atomic mass is 9.89. The largest absolute Gasteiger partial charge is 0.378 e. The van der Waals surface area contributed by atoms with Crippen LogP contribution in [0.15, 0.2) is 0 Å². The first-order chi connectivity index (χ1) is 6.24. The molecule has 0 aromatic rings. The second kappa shape index (κ2) is 5.61. The second-order valence-electron chi connectivity index (χ2n) is 4.43. The van der Waals surface area contributed by atoms with Crippen molar-refractivity contribution in [2.24, 2.45) is 11.8 Å². The Hall–Kier alpha value is -0.0800. The van der Waals surface area contributed by atoms with Crippen LogP contribution < -0.4 is 5.32 Å². The summed E-state index contributed by atoms with van der Waals surface area (Å²) in [6, 6.07) is 0. The fourth-order valence-corrected chi connectivity index (χ4v) is 2.02. The van der Waals surface area contributed by atoms with Crippen molar-refractivity contribution in [1.29, 1.82) is 0 Å². The van der Waals surface area contributed by atoms with E-state index in [0.717, 1.165) is 25.0 Å². The molecule has 2 heteroatoms. The van der Waals surface area contributed by atoms with Gasteiger partial charge in [0, 0.05) is 6.61 Å². The van der Waals surface area contributed by atoms with E-state index in [0.29, 0.717) is 6.10 Å². The molecule has 0 bridgehead atoms. The Morgan fingerprint density at radius 2 is 2.23 bits per heavy atom. The van der Waals surface area contributed by atoms with Gasteiger partial charge in [0.05, 0.1) is 6.10 Å². The first-order valence-corrected chi connectivity index (χ1v) is 5.50. The van der Waals surface area contributed by atoms with E-state index in [2.05, 4.69) is 19.2 Å². The van der Waals surface area contributed by atoms with Gasteiger partial charge in [0.25, 0.3) is 0 Å². The molecule has 78 valence electrons. The van der Waals surface area contributed by atoms with E-state index in [1.54, 1.807) is 0 Å². The van der Waals surface area contributed by atoms with Crippen molar-refractivity contribution >= 4 is 0 Å². The molecule has 1 heterocycles. The number of hydrogen-bond donors (Lipinski definition) is 1. The van der Waals surface area contributed by atoms with Gasteiger partial charge in [0.15, 0.2) is 0 Å². The minimum absolute atomic E-state index is 0.542. The molecule has 0 saturated carbocycles. The maximum absolute atomic E-state index is 5.65. The fourth-order valence-electron chi connectivity index (χ4n) is 2.02. The molecule has 13 heavy (non-hydrogen) atoms. The Bertz CT molecular complexity index is 130. The van der Waals surface area contributed by atoms with E-state index in [1.165, 1.54) is 19.3 Å². The molecule has 0 radical (unpaired) electrons. The van der Waals surface area contributed by atoms with Gasteiger partial charge < -0.3 is 10.1 Å². The van der Waals surface area contributed by atoms with E-state index in [4.69, 9.17) is 4.74 Å². The predicted molar refractivity (Wildman–Crippen MR) is 55.8 cm³/mol. The smallest absolute Gasteiger partial charge is 0.0579 e. The number of hydrogen-bond acceptors (Lipinski definition) is 2. The van der Waals surface area contributed by atoms with Crippen LogP contribution in [-0.2, 0) is 4.74 Å². The highest BCUT2D eigenvalue weighted by atomic mass is 16.5. The van der Waals surface area contributed by atoms with Crippen LogP contribution in [0.4, 0.5) is 0 Å². The Balaban J connectivity index is 2.27. The molecule has 2 nitrogen and oxygen atoms in total. The molecule has 0 spiro atoms. The van der Waals surface area contributed by atoms with Gasteiger partial charge in [0.2, 0.25) is 0 Å². The zero-order valence-electron chi connectivity index (χ0n) is 9.18. The molecule has 0 aromatic carbocycles. The Morgan fingerprint density at radius 1 is 1.46 bits per heavy atom. The molecule has 0 aliphatic carbocycles. The quantitative estimate of drug-likeness (QED) is 0.708. The molecule has 1 fully saturated rings. The standard InChI is InChI=1S/C11H23NO/c1-9(2)10(8-12-3)7-11-5-4-6-13-11/h9-12H,4-8H2,1-3H3. The molecular formula is C11H23NO. The molecular weight excluding hydrogens is 162 g/mol. The zero-order valence-corrected chi connectivity index (χ0v) is 9.18. The summed E-state index contributed by atoms with van der Waals surface area (Å²) in [5.41, 5.74) is 0. The van der Waals surface area contributed by atoms with Crippen molar-refractivity contribution < 1.29 is 4.74 Å². The SMILES string of the molecule is CNCC(CC1CCCO1)C(C)C. The summed E-state index contributed by atoms with van der Waals surface area (Å²) in [7, 11) is 2.03. The summed E-state index contributed by atoms with van der Waals surface area (Å²) >= 11 is 0. The highest BCUT2D eigenvalue weighted by Gasteiger charge is 2.22. The lowest BCUT2D eigenvalue weighted by Gasteiger charge is -2.23. The van der Waals surface area contributed by atoms with Crippen molar-refractivity contribution in [3.05, 3.63) is 0 Å². The third kappa shape index (κ3) is 3.65. The van der Waals surface area contributed by atoms with E-state index in [-0.39, 0.29) is 0 Å². The summed E-state index contributed by atoms with van der Waals surface area (Å²) in [4.78, 5) is 0. The predicted octanol–water partition coefficient (Wildman–Crippen LogP) is 2.05. The molecule has 2 unspecified atom stereocenters. The van der Waals surface area contributed by atoms with Crippen LogP contribution in [0.5, 0.6) is 0 Å². The summed E-state index contributed by atoms with van der Waals surface area (Å²) < 4.78 is 5.65. The van der Waals surface area contributed by atoms with Crippen LogP contribution >= 0.6 is 0 Å². The van der Waals surface area contributed by atoms with Gasteiger partial charge in [-0.1, -0.05) is 13.8 Å². The van der Waals surface area contributed by atoms with Gasteiger partial charge >= 0.3 is 0 Å². The zero-order chi connectivity index (χ0) is 9.68. The Morgan fingerprint density at radius 3 is 2.69 bits per heavy atom. The van der Waals surface area contributed by atoms with Crippen molar-refractivity contribution in [1.82, 2.24) is 5.32 Å². The number of nitrogens with one attached hydrogen (secondary N) is 1. The Kier molecular flexibility index (Phi) is 4.74. The van der Waals surface area contributed by atoms with Gasteiger partial charge in [-0.3, -0.25) is 0 Å². The summed E-state index contributed by atoms with van der Waals surface area (Å²) in [6.07, 6.45) is 4.31. The molecule has 1 rings (SSSR count). The molecule has 1 N–H and O–H groups in total. The van der Waals surface area contributed by atoms with Gasteiger partial charge in [0.1, 0.15) is 0 Å². The van der Waals surface area contributed by atoms with Crippen molar-refractivity contribution in [3.63, 3.8) is 0 Å². The molecule has 0 amide bonds. The first-order valence-electron chi connectivity index (χ1n) is 5.50. The minimum Gasteiger partial charge on any atom is -0.378 e. The van der Waals surface area contributed by atoms with E-state index < -0.39 is 0 Å². The molecule has 1 saturated heterocycles. The normalized spacial score (nSPS) is 25.4. The van der Waals surface area contributed by atoms with Crippen LogP contribution in [0.1, 0.15) is 33.1 Å². The van der Waals surface area contributed by atoms with Gasteiger partial charge in [-0.05, 0) is 44.7 Å². The van der Waals surface area contributed by atoms with Crippen molar-refractivity contribution in [3.8, 4) is 0 Å². The van der Waals surface area contributed by atoms with Crippen molar-refractivity contribution in [2.75, 3.05) is 20.2 Å². The van der Waals surface area contributed by atoms with Gasteiger partial charge in [-0.2, -0.15) is 0 Å². The second-order valence-corrected chi connectivity index (χ2v) is 4.43. The maximum Gasteiger partial charge on any atom is 0.0579 e. The molecule has 1 aliphatic heterocycles. The monoisotopic (exact) mass is 185 g/mol. The number of rotatable bonds is 5. The molecule has 2 atom stereocenters. The van der Waals surface area contributed by atoms with E-state index in [9.17, 15) is 0 Å². The van der Waals surface area contributed by atoms with Crippen molar-refractivity contribution in [2.45, 2.75) is 39.2 Å². The Labute approximate surface area is 82.0 Å². The van der Waals surface area contributed by atoms with Crippen LogP contribution in [-0.4, -0.2) is 26.3 Å². The summed E-state index contributed by atoms with van der Waals surface area (Å²) in [5.74, 6) is 1.53. The summed E-state index contributed by atoms with van der Waals surface area (Å²) in [6.45, 7) is 6.71. The van der Waals surface area contributed by atoms with Gasteiger partial charge in [-0.15, -0.1) is 0 Å². The summed E-state index contributed by atoms with van der Waals surface area (Å²) in [5, 5.41) is 3.27. The van der Waals surface area contributed by atoms with E-state index in [1.807, 2.05) is 7.05 Å². The molecule has 1 aliphatic rings. The fraction of sp³-hybridized carbons (Fsp3) is 1.00.